The number of hydrogen-bond donors (Lipinski definition) is 0. The average molecular weight is 272 g/mol. The molecule has 0 spiro atoms. The van der Waals surface area contributed by atoms with Crippen LogP contribution in [0.4, 0.5) is 0 Å². The monoisotopic (exact) mass is 272 g/mol. The minimum Gasteiger partial charge on any atom is -0.260 e. The van der Waals surface area contributed by atoms with Gasteiger partial charge in [0.15, 0.2) is 0 Å². The van der Waals surface area contributed by atoms with E-state index in [4.69, 9.17) is 0 Å². The zero-order valence-electron chi connectivity index (χ0n) is 11.6. The van der Waals surface area contributed by atoms with Crippen LogP contribution in [-0.4, -0.2) is 36.7 Å². The number of unbranched alkanes of at least 4 members (excludes halogenated alkanes) is 1. The molecule has 0 aliphatic carbocycles. The molecule has 1 saturated heterocycles. The van der Waals surface area contributed by atoms with E-state index in [1.54, 1.807) is 8.61 Å². The van der Waals surface area contributed by atoms with Gasteiger partial charge >= 0.3 is 10.2 Å². The van der Waals surface area contributed by atoms with Gasteiger partial charge in [0, 0.05) is 18.8 Å². The molecule has 2 aliphatic heterocycles. The highest BCUT2D eigenvalue weighted by Gasteiger charge is 2.40. The fourth-order valence-corrected chi connectivity index (χ4v) is 4.17. The van der Waals surface area contributed by atoms with Gasteiger partial charge in [0.05, 0.1) is 6.54 Å². The molecule has 0 amide bonds. The standard InChI is InChI=1S/C13H24N2O2S/c1-4-5-9-14-11-12-6-7-13(2,3)8-10-15(12)18(14,16)17/h6H,4-5,7-11H2,1-3H3. The second-order valence-electron chi connectivity index (χ2n) is 6.08. The summed E-state index contributed by atoms with van der Waals surface area (Å²) in [6.07, 6.45) is 5.98. The van der Waals surface area contributed by atoms with E-state index in [1.807, 2.05) is 0 Å². The molecule has 104 valence electrons. The van der Waals surface area contributed by atoms with Crippen LogP contribution in [0, 0.1) is 5.41 Å². The minimum atomic E-state index is -3.24. The Hall–Kier alpha value is -0.550. The molecule has 0 N–H and O–H groups in total. The first kappa shape index (κ1) is 13.9. The summed E-state index contributed by atoms with van der Waals surface area (Å²) in [6, 6.07) is 0. The molecule has 0 bridgehead atoms. The summed E-state index contributed by atoms with van der Waals surface area (Å²) in [4.78, 5) is 0. The molecule has 2 rings (SSSR count). The van der Waals surface area contributed by atoms with E-state index in [-0.39, 0.29) is 5.41 Å². The smallest absolute Gasteiger partial charge is 0.260 e. The van der Waals surface area contributed by atoms with Crippen LogP contribution in [0.25, 0.3) is 0 Å². The lowest BCUT2D eigenvalue weighted by atomic mass is 9.86. The first-order valence-electron chi connectivity index (χ1n) is 6.84. The summed E-state index contributed by atoms with van der Waals surface area (Å²) in [5.41, 5.74) is 1.19. The molecule has 4 nitrogen and oxygen atoms in total. The van der Waals surface area contributed by atoms with Crippen molar-refractivity contribution in [2.45, 2.75) is 46.5 Å². The maximum absolute atomic E-state index is 12.4. The van der Waals surface area contributed by atoms with E-state index in [1.165, 1.54) is 0 Å². The lowest BCUT2D eigenvalue weighted by Gasteiger charge is -2.24. The lowest BCUT2D eigenvalue weighted by Crippen LogP contribution is -2.34. The fourth-order valence-electron chi connectivity index (χ4n) is 2.48. The average Bonchev–Trinajstić information content (AvgIpc) is 2.41. The fraction of sp³-hybridized carbons (Fsp3) is 0.846. The molecular formula is C13H24N2O2S. The quantitative estimate of drug-likeness (QED) is 0.791. The summed E-state index contributed by atoms with van der Waals surface area (Å²) in [5.74, 6) is 0. The third-order valence-corrected chi connectivity index (χ3v) is 5.84. The molecule has 0 aromatic rings. The van der Waals surface area contributed by atoms with E-state index in [0.717, 1.165) is 31.4 Å². The topological polar surface area (TPSA) is 40.6 Å². The second kappa shape index (κ2) is 4.85. The number of fused-ring (bicyclic) bond motifs is 1. The van der Waals surface area contributed by atoms with Gasteiger partial charge in [0.1, 0.15) is 0 Å². The Bertz CT molecular complexity index is 440. The van der Waals surface area contributed by atoms with E-state index < -0.39 is 10.2 Å². The van der Waals surface area contributed by atoms with Crippen molar-refractivity contribution in [3.05, 3.63) is 11.8 Å². The van der Waals surface area contributed by atoms with Gasteiger partial charge in [-0.1, -0.05) is 33.3 Å². The molecule has 0 atom stereocenters. The predicted octanol–water partition coefficient (Wildman–Crippen LogP) is 2.35. The largest absolute Gasteiger partial charge is 0.304 e. The van der Waals surface area contributed by atoms with Gasteiger partial charge in [-0.05, 0) is 24.7 Å². The SMILES string of the molecule is CCCCN1CC2=CCC(C)(C)CCN2S1(=O)=O. The van der Waals surface area contributed by atoms with Gasteiger partial charge in [0.2, 0.25) is 0 Å². The van der Waals surface area contributed by atoms with Gasteiger partial charge in [-0.3, -0.25) is 4.31 Å². The van der Waals surface area contributed by atoms with Crippen LogP contribution in [0.5, 0.6) is 0 Å². The molecule has 0 unspecified atom stereocenters. The van der Waals surface area contributed by atoms with Crippen molar-refractivity contribution < 1.29 is 8.42 Å². The Kier molecular flexibility index (Phi) is 3.74. The molecule has 0 aromatic heterocycles. The van der Waals surface area contributed by atoms with Crippen LogP contribution in [0.15, 0.2) is 11.8 Å². The summed E-state index contributed by atoms with van der Waals surface area (Å²) >= 11 is 0. The summed E-state index contributed by atoms with van der Waals surface area (Å²) < 4.78 is 28.1. The van der Waals surface area contributed by atoms with E-state index in [9.17, 15) is 8.42 Å². The van der Waals surface area contributed by atoms with Gasteiger partial charge in [-0.15, -0.1) is 0 Å². The lowest BCUT2D eigenvalue weighted by molar-refractivity contribution is 0.323. The van der Waals surface area contributed by atoms with Crippen LogP contribution >= 0.6 is 0 Å². The Morgan fingerprint density at radius 1 is 1.39 bits per heavy atom. The summed E-state index contributed by atoms with van der Waals surface area (Å²) in [7, 11) is -3.24. The summed E-state index contributed by atoms with van der Waals surface area (Å²) in [6.45, 7) is 8.34. The van der Waals surface area contributed by atoms with Crippen LogP contribution < -0.4 is 0 Å². The highest BCUT2D eigenvalue weighted by Crippen LogP contribution is 2.35. The van der Waals surface area contributed by atoms with Crippen LogP contribution in [0.3, 0.4) is 0 Å². The zero-order valence-corrected chi connectivity index (χ0v) is 12.5. The van der Waals surface area contributed by atoms with E-state index in [2.05, 4.69) is 26.8 Å². The van der Waals surface area contributed by atoms with Crippen molar-refractivity contribution in [2.75, 3.05) is 19.6 Å². The first-order chi connectivity index (χ1) is 8.37. The predicted molar refractivity (Wildman–Crippen MR) is 73.2 cm³/mol. The van der Waals surface area contributed by atoms with Gasteiger partial charge in [0.25, 0.3) is 0 Å². The van der Waals surface area contributed by atoms with Crippen molar-refractivity contribution in [3.8, 4) is 0 Å². The van der Waals surface area contributed by atoms with E-state index >= 15 is 0 Å². The number of hydrogen-bond acceptors (Lipinski definition) is 2. The van der Waals surface area contributed by atoms with Crippen molar-refractivity contribution in [1.29, 1.82) is 0 Å². The Morgan fingerprint density at radius 2 is 2.11 bits per heavy atom. The van der Waals surface area contributed by atoms with Crippen molar-refractivity contribution in [1.82, 2.24) is 8.61 Å². The number of allylic oxidation sites excluding steroid dienone is 1. The van der Waals surface area contributed by atoms with E-state index in [0.29, 0.717) is 19.6 Å². The Balaban J connectivity index is 2.20. The molecule has 2 heterocycles. The molecular weight excluding hydrogens is 248 g/mol. The van der Waals surface area contributed by atoms with Crippen LogP contribution in [0.1, 0.15) is 46.5 Å². The molecule has 2 aliphatic rings. The van der Waals surface area contributed by atoms with Crippen molar-refractivity contribution >= 4 is 10.2 Å². The highest BCUT2D eigenvalue weighted by molar-refractivity contribution is 7.87. The Morgan fingerprint density at radius 3 is 2.78 bits per heavy atom. The zero-order chi connectivity index (χ0) is 13.4. The first-order valence-corrected chi connectivity index (χ1v) is 8.23. The number of rotatable bonds is 3. The second-order valence-corrected chi connectivity index (χ2v) is 7.93. The third kappa shape index (κ3) is 2.57. The maximum Gasteiger partial charge on any atom is 0.304 e. The van der Waals surface area contributed by atoms with Gasteiger partial charge < -0.3 is 0 Å². The van der Waals surface area contributed by atoms with Crippen molar-refractivity contribution in [2.24, 2.45) is 5.41 Å². The number of nitrogens with zero attached hydrogens (tertiary/aromatic N) is 2. The minimum absolute atomic E-state index is 0.209. The molecule has 0 aromatic carbocycles. The van der Waals surface area contributed by atoms with Gasteiger partial charge in [-0.2, -0.15) is 12.7 Å². The normalized spacial score (nSPS) is 26.6. The molecule has 1 fully saturated rings. The maximum atomic E-state index is 12.4. The molecule has 0 radical (unpaired) electrons. The molecule has 0 saturated carbocycles. The van der Waals surface area contributed by atoms with Crippen LogP contribution in [-0.2, 0) is 10.2 Å². The summed E-state index contributed by atoms with van der Waals surface area (Å²) in [5, 5.41) is 0. The Labute approximate surface area is 111 Å². The molecule has 5 heteroatoms. The van der Waals surface area contributed by atoms with Crippen molar-refractivity contribution in [3.63, 3.8) is 0 Å². The molecule has 18 heavy (non-hydrogen) atoms. The third-order valence-electron chi connectivity index (χ3n) is 3.91. The highest BCUT2D eigenvalue weighted by atomic mass is 32.2. The van der Waals surface area contributed by atoms with Crippen LogP contribution in [0.2, 0.25) is 0 Å². The van der Waals surface area contributed by atoms with Gasteiger partial charge in [-0.25, -0.2) is 0 Å².